The van der Waals surface area contributed by atoms with Crippen molar-refractivity contribution in [1.82, 2.24) is 20.2 Å². The van der Waals surface area contributed by atoms with Crippen LogP contribution in [0.3, 0.4) is 0 Å². The number of anilines is 2. The van der Waals surface area contributed by atoms with Crippen molar-refractivity contribution in [3.05, 3.63) is 46.1 Å². The molecule has 188 valence electrons. The second-order valence-corrected chi connectivity index (χ2v) is 10.6. The summed E-state index contributed by atoms with van der Waals surface area (Å²) >= 11 is 6.27. The fourth-order valence-electron chi connectivity index (χ4n) is 5.14. The van der Waals surface area contributed by atoms with Crippen molar-refractivity contribution >= 4 is 29.3 Å². The number of carbonyl (C=O) groups excluding carboxylic acids is 1. The second-order valence-electron chi connectivity index (χ2n) is 10.2. The molecule has 0 bridgehead atoms. The predicted molar refractivity (Wildman–Crippen MR) is 138 cm³/mol. The molecule has 1 saturated carbocycles. The van der Waals surface area contributed by atoms with Crippen molar-refractivity contribution in [2.24, 2.45) is 5.41 Å². The summed E-state index contributed by atoms with van der Waals surface area (Å²) in [5.74, 6) is 1.05. The average molecular weight is 499 g/mol. The molecule has 0 radical (unpaired) electrons. The zero-order valence-electron chi connectivity index (χ0n) is 20.2. The smallest absolute Gasteiger partial charge is 0.256 e. The highest BCUT2D eigenvalue weighted by molar-refractivity contribution is 6.31. The maximum absolute atomic E-state index is 13.1. The number of hydrogen-bond acceptors (Lipinski definition) is 7. The minimum absolute atomic E-state index is 0.0963. The number of nitrogens with zero attached hydrogens (tertiary/aromatic N) is 4. The Morgan fingerprint density at radius 2 is 1.97 bits per heavy atom. The molecule has 2 saturated heterocycles. The van der Waals surface area contributed by atoms with Gasteiger partial charge in [0.05, 0.1) is 6.61 Å². The first-order chi connectivity index (χ1) is 17.0. The largest absolute Gasteiger partial charge is 0.392 e. The summed E-state index contributed by atoms with van der Waals surface area (Å²) < 4.78 is 0. The Kier molecular flexibility index (Phi) is 7.41. The number of hydrogen-bond donors (Lipinski definition) is 3. The third-order valence-electron chi connectivity index (χ3n) is 7.61. The number of amides is 1. The highest BCUT2D eigenvalue weighted by atomic mass is 35.5. The Morgan fingerprint density at radius 1 is 1.14 bits per heavy atom. The molecule has 35 heavy (non-hydrogen) atoms. The van der Waals surface area contributed by atoms with E-state index in [2.05, 4.69) is 25.4 Å². The molecule has 2 aromatic rings. The monoisotopic (exact) mass is 498 g/mol. The van der Waals surface area contributed by atoms with Crippen LogP contribution < -0.4 is 15.5 Å². The molecule has 3 fully saturated rings. The molecule has 8 nitrogen and oxygen atoms in total. The van der Waals surface area contributed by atoms with Gasteiger partial charge in [0.15, 0.2) is 0 Å². The maximum atomic E-state index is 13.1. The van der Waals surface area contributed by atoms with Gasteiger partial charge in [0.1, 0.15) is 11.4 Å². The zero-order chi connectivity index (χ0) is 24.3. The lowest BCUT2D eigenvalue weighted by molar-refractivity contribution is 0.0946. The standard InChI is InChI=1S/C26H35ClN6O2/c27-22-14-19(4-5-20(22)17-34)15-29-23-21(24(35)28-9-13-32-10-2-1-3-11-32)16-30-25(31-23)33-12-8-26(18-33)6-7-26/h4-5,14,16,34H,1-3,6-13,15,17-18H2,(H,28,35)(H,29,30,31). The van der Waals surface area contributed by atoms with Crippen LogP contribution >= 0.6 is 11.6 Å². The predicted octanol–water partition coefficient (Wildman–Crippen LogP) is 3.44. The minimum Gasteiger partial charge on any atom is -0.392 e. The Bertz CT molecular complexity index is 1050. The Hall–Kier alpha value is -2.42. The third-order valence-corrected chi connectivity index (χ3v) is 7.96. The van der Waals surface area contributed by atoms with Crippen LogP contribution in [0.15, 0.2) is 24.4 Å². The first-order valence-electron chi connectivity index (χ1n) is 12.8. The molecule has 1 aromatic carbocycles. The lowest BCUT2D eigenvalue weighted by atomic mass is 10.1. The van der Waals surface area contributed by atoms with Gasteiger partial charge in [-0.25, -0.2) is 4.98 Å². The van der Waals surface area contributed by atoms with E-state index in [1.54, 1.807) is 6.20 Å². The normalized spacial score (nSPS) is 19.2. The van der Waals surface area contributed by atoms with Gasteiger partial charge in [-0.05, 0) is 67.8 Å². The molecule has 0 unspecified atom stereocenters. The van der Waals surface area contributed by atoms with Crippen molar-refractivity contribution in [3.63, 3.8) is 0 Å². The zero-order valence-corrected chi connectivity index (χ0v) is 21.0. The SMILES string of the molecule is O=C(NCCN1CCCCC1)c1cnc(N2CCC3(CC3)C2)nc1NCc1ccc(CO)c(Cl)c1. The first kappa shape index (κ1) is 24.3. The van der Waals surface area contributed by atoms with E-state index >= 15 is 0 Å². The molecule has 9 heteroatoms. The summed E-state index contributed by atoms with van der Waals surface area (Å²) in [4.78, 5) is 27.1. The first-order valence-corrected chi connectivity index (χ1v) is 13.2. The topological polar surface area (TPSA) is 93.6 Å². The van der Waals surface area contributed by atoms with E-state index in [1.807, 2.05) is 18.2 Å². The van der Waals surface area contributed by atoms with E-state index in [1.165, 1.54) is 38.5 Å². The molecular formula is C26H35ClN6O2. The maximum Gasteiger partial charge on any atom is 0.256 e. The molecule has 5 rings (SSSR count). The number of halogens is 1. The van der Waals surface area contributed by atoms with Gasteiger partial charge < -0.3 is 25.5 Å². The molecule has 1 amide bonds. The van der Waals surface area contributed by atoms with Gasteiger partial charge in [-0.1, -0.05) is 30.2 Å². The minimum atomic E-state index is -0.162. The number of aliphatic hydroxyl groups is 1. The molecular weight excluding hydrogens is 464 g/mol. The van der Waals surface area contributed by atoms with E-state index in [4.69, 9.17) is 16.6 Å². The second kappa shape index (κ2) is 10.7. The van der Waals surface area contributed by atoms with Crippen LogP contribution in [0.5, 0.6) is 0 Å². The number of likely N-dealkylation sites (tertiary alicyclic amines) is 1. The number of carbonyl (C=O) groups is 1. The van der Waals surface area contributed by atoms with Crippen LogP contribution in [-0.4, -0.2) is 65.2 Å². The van der Waals surface area contributed by atoms with Gasteiger partial charge in [-0.3, -0.25) is 4.79 Å². The van der Waals surface area contributed by atoms with E-state index in [0.717, 1.165) is 38.3 Å². The molecule has 1 aliphatic carbocycles. The van der Waals surface area contributed by atoms with E-state index in [0.29, 0.717) is 46.4 Å². The van der Waals surface area contributed by atoms with E-state index < -0.39 is 0 Å². The molecule has 3 N–H and O–H groups in total. The number of rotatable bonds is 9. The highest BCUT2D eigenvalue weighted by Gasteiger charge is 2.48. The van der Waals surface area contributed by atoms with Crippen LogP contribution in [0.25, 0.3) is 0 Å². The molecule has 0 atom stereocenters. The van der Waals surface area contributed by atoms with Gasteiger partial charge in [0, 0.05) is 43.9 Å². The number of aromatic nitrogens is 2. The average Bonchev–Trinajstić information content (AvgIpc) is 3.51. The molecule has 1 aromatic heterocycles. The summed E-state index contributed by atoms with van der Waals surface area (Å²) in [5, 5.41) is 16.3. The number of piperidine rings is 1. The van der Waals surface area contributed by atoms with Crippen molar-refractivity contribution < 1.29 is 9.90 Å². The van der Waals surface area contributed by atoms with Crippen molar-refractivity contribution in [2.75, 3.05) is 49.5 Å². The lowest BCUT2D eigenvalue weighted by Gasteiger charge is -2.26. The number of nitrogens with one attached hydrogen (secondary N) is 2. The van der Waals surface area contributed by atoms with Crippen LogP contribution in [0.2, 0.25) is 5.02 Å². The Labute approximate surface area is 212 Å². The van der Waals surface area contributed by atoms with Crippen molar-refractivity contribution in [2.45, 2.75) is 51.7 Å². The summed E-state index contributed by atoms with van der Waals surface area (Å²) in [6, 6.07) is 5.57. The summed E-state index contributed by atoms with van der Waals surface area (Å²) in [6.07, 6.45) is 9.19. The van der Waals surface area contributed by atoms with Gasteiger partial charge in [-0.15, -0.1) is 0 Å². The van der Waals surface area contributed by atoms with Crippen LogP contribution in [0.1, 0.15) is 60.0 Å². The van der Waals surface area contributed by atoms with Crippen LogP contribution in [-0.2, 0) is 13.2 Å². The lowest BCUT2D eigenvalue weighted by Crippen LogP contribution is -2.38. The van der Waals surface area contributed by atoms with Crippen molar-refractivity contribution in [1.29, 1.82) is 0 Å². The van der Waals surface area contributed by atoms with Gasteiger partial charge in [0.2, 0.25) is 5.95 Å². The molecule has 2 aliphatic heterocycles. The highest BCUT2D eigenvalue weighted by Crippen LogP contribution is 2.53. The fraction of sp³-hybridized carbons (Fsp3) is 0.577. The van der Waals surface area contributed by atoms with E-state index in [9.17, 15) is 9.90 Å². The summed E-state index contributed by atoms with van der Waals surface area (Å²) in [7, 11) is 0. The van der Waals surface area contributed by atoms with Crippen molar-refractivity contribution in [3.8, 4) is 0 Å². The van der Waals surface area contributed by atoms with Crippen LogP contribution in [0.4, 0.5) is 11.8 Å². The van der Waals surface area contributed by atoms with Crippen LogP contribution in [0, 0.1) is 5.41 Å². The van der Waals surface area contributed by atoms with Gasteiger partial charge in [0.25, 0.3) is 5.91 Å². The van der Waals surface area contributed by atoms with Gasteiger partial charge >= 0.3 is 0 Å². The number of aliphatic hydroxyl groups excluding tert-OH is 1. The molecule has 3 aliphatic rings. The molecule has 3 heterocycles. The third kappa shape index (κ3) is 5.88. The van der Waals surface area contributed by atoms with E-state index in [-0.39, 0.29) is 12.5 Å². The number of benzene rings is 1. The Morgan fingerprint density at radius 3 is 2.69 bits per heavy atom. The molecule has 1 spiro atoms. The summed E-state index contributed by atoms with van der Waals surface area (Å²) in [5.41, 5.74) is 2.55. The quantitative estimate of drug-likeness (QED) is 0.487. The van der Waals surface area contributed by atoms with Gasteiger partial charge in [-0.2, -0.15) is 4.98 Å². The Balaban J connectivity index is 1.29. The summed E-state index contributed by atoms with van der Waals surface area (Å²) in [6.45, 7) is 5.99. The fourth-order valence-corrected chi connectivity index (χ4v) is 5.40.